The van der Waals surface area contributed by atoms with E-state index >= 15 is 0 Å². The van der Waals surface area contributed by atoms with Crippen LogP contribution in [0.5, 0.6) is 17.2 Å². The summed E-state index contributed by atoms with van der Waals surface area (Å²) in [5.74, 6) is 2.01. The molecule has 1 N–H and O–H groups in total. The van der Waals surface area contributed by atoms with Crippen molar-refractivity contribution in [2.75, 3.05) is 20.3 Å². The fraction of sp³-hybridized carbons (Fsp3) is 0.435. The normalized spacial score (nSPS) is 18.5. The van der Waals surface area contributed by atoms with Crippen molar-refractivity contribution < 1.29 is 19.0 Å². The average Bonchev–Trinajstić information content (AvgIpc) is 3.34. The molecule has 0 bridgehead atoms. The van der Waals surface area contributed by atoms with Gasteiger partial charge in [0, 0.05) is 34.4 Å². The maximum atomic E-state index is 13.1. The summed E-state index contributed by atoms with van der Waals surface area (Å²) in [6, 6.07) is 9.69. The lowest BCUT2D eigenvalue weighted by atomic mass is 10.0. The number of carbonyl (C=O) groups excluding carboxylic acids is 1. The Morgan fingerprint density at radius 2 is 2.00 bits per heavy atom. The van der Waals surface area contributed by atoms with Crippen molar-refractivity contribution in [3.8, 4) is 28.4 Å². The minimum Gasteiger partial charge on any atom is -0.496 e. The predicted molar refractivity (Wildman–Crippen MR) is 109 cm³/mol. The number of methoxy groups -OCH3 is 1. The number of hydrogen-bond acceptors (Lipinski definition) is 5. The molecule has 1 aliphatic carbocycles. The minimum absolute atomic E-state index is 0.0117. The van der Waals surface area contributed by atoms with Crippen LogP contribution >= 0.6 is 0 Å². The fourth-order valence-corrected chi connectivity index (χ4v) is 4.11. The van der Waals surface area contributed by atoms with Crippen molar-refractivity contribution in [2.45, 2.75) is 45.3 Å². The number of ketones is 1. The molecule has 4 rings (SSSR count). The van der Waals surface area contributed by atoms with Gasteiger partial charge in [-0.15, -0.1) is 0 Å². The maximum Gasteiger partial charge on any atom is 0.194 e. The molecule has 5 heteroatoms. The average molecular weight is 381 g/mol. The van der Waals surface area contributed by atoms with Gasteiger partial charge in [0.15, 0.2) is 5.78 Å². The van der Waals surface area contributed by atoms with E-state index in [9.17, 15) is 4.79 Å². The van der Waals surface area contributed by atoms with Crippen LogP contribution in [0, 0.1) is 0 Å². The van der Waals surface area contributed by atoms with E-state index in [2.05, 4.69) is 19.2 Å². The van der Waals surface area contributed by atoms with Crippen LogP contribution in [0.1, 0.15) is 49.0 Å². The molecule has 28 heavy (non-hydrogen) atoms. The zero-order chi connectivity index (χ0) is 19.7. The molecule has 0 aromatic heterocycles. The summed E-state index contributed by atoms with van der Waals surface area (Å²) in [5.41, 5.74) is 2.90. The van der Waals surface area contributed by atoms with Gasteiger partial charge in [0.1, 0.15) is 23.4 Å². The molecule has 5 nitrogen and oxygen atoms in total. The summed E-state index contributed by atoms with van der Waals surface area (Å²) in [7, 11) is 1.62. The highest BCUT2D eigenvalue weighted by atomic mass is 16.5. The zero-order valence-electron chi connectivity index (χ0n) is 16.7. The van der Waals surface area contributed by atoms with Crippen LogP contribution < -0.4 is 19.5 Å². The quantitative estimate of drug-likeness (QED) is 0.664. The molecule has 1 heterocycles. The predicted octanol–water partition coefficient (Wildman–Crippen LogP) is 4.21. The topological polar surface area (TPSA) is 56.8 Å². The third-order valence-corrected chi connectivity index (χ3v) is 5.51. The number of hydrogen-bond donors (Lipinski definition) is 1. The molecule has 2 aromatic carbocycles. The van der Waals surface area contributed by atoms with Crippen molar-refractivity contribution in [1.29, 1.82) is 0 Å². The molecular weight excluding hydrogens is 354 g/mol. The maximum absolute atomic E-state index is 13.1. The van der Waals surface area contributed by atoms with E-state index in [1.54, 1.807) is 7.11 Å². The second-order valence-corrected chi connectivity index (χ2v) is 7.43. The van der Waals surface area contributed by atoms with Crippen LogP contribution in [0.4, 0.5) is 0 Å². The van der Waals surface area contributed by atoms with Crippen LogP contribution in [0.2, 0.25) is 0 Å². The third kappa shape index (κ3) is 3.24. The van der Waals surface area contributed by atoms with Gasteiger partial charge < -0.3 is 19.5 Å². The Kier molecular flexibility index (Phi) is 5.27. The summed E-state index contributed by atoms with van der Waals surface area (Å²) in [5, 5.41) is 3.49. The molecule has 2 aliphatic rings. The lowest BCUT2D eigenvalue weighted by Gasteiger charge is -2.23. The molecule has 1 fully saturated rings. The summed E-state index contributed by atoms with van der Waals surface area (Å²) >= 11 is 0. The zero-order valence-corrected chi connectivity index (χ0v) is 16.7. The molecule has 1 aliphatic heterocycles. The van der Waals surface area contributed by atoms with E-state index in [0.29, 0.717) is 35.3 Å². The van der Waals surface area contributed by atoms with E-state index in [4.69, 9.17) is 14.2 Å². The van der Waals surface area contributed by atoms with Crippen molar-refractivity contribution in [1.82, 2.24) is 5.32 Å². The lowest BCUT2D eigenvalue weighted by molar-refractivity contribution is 0.104. The number of carbonyl (C=O) groups is 1. The fourth-order valence-electron chi connectivity index (χ4n) is 4.11. The highest BCUT2D eigenvalue weighted by molar-refractivity contribution is 6.23. The van der Waals surface area contributed by atoms with Gasteiger partial charge in [-0.05, 0) is 44.9 Å². The first-order valence-electron chi connectivity index (χ1n) is 10.1. The van der Waals surface area contributed by atoms with E-state index in [1.165, 1.54) is 6.42 Å². The summed E-state index contributed by atoms with van der Waals surface area (Å²) < 4.78 is 17.7. The van der Waals surface area contributed by atoms with Gasteiger partial charge in [0.2, 0.25) is 0 Å². The lowest BCUT2D eigenvalue weighted by Crippen LogP contribution is -2.36. The Balaban J connectivity index is 1.75. The number of ether oxygens (including phenoxy) is 3. The highest BCUT2D eigenvalue weighted by Crippen LogP contribution is 2.49. The largest absolute Gasteiger partial charge is 0.496 e. The minimum atomic E-state index is -0.0117. The first-order valence-corrected chi connectivity index (χ1v) is 10.1. The molecule has 0 spiro atoms. The molecule has 1 saturated heterocycles. The smallest absolute Gasteiger partial charge is 0.194 e. The monoisotopic (exact) mass is 381 g/mol. The Labute approximate surface area is 166 Å². The van der Waals surface area contributed by atoms with Gasteiger partial charge in [-0.2, -0.15) is 0 Å². The Morgan fingerprint density at radius 3 is 2.71 bits per heavy atom. The van der Waals surface area contributed by atoms with Gasteiger partial charge in [-0.3, -0.25) is 4.79 Å². The molecule has 0 saturated carbocycles. The van der Waals surface area contributed by atoms with Gasteiger partial charge in [-0.1, -0.05) is 19.1 Å². The Morgan fingerprint density at radius 1 is 1.18 bits per heavy atom. The summed E-state index contributed by atoms with van der Waals surface area (Å²) in [6.07, 6.45) is 3.19. The molecule has 148 valence electrons. The Hall–Kier alpha value is -2.53. The van der Waals surface area contributed by atoms with E-state index in [1.807, 2.05) is 30.3 Å². The van der Waals surface area contributed by atoms with Crippen molar-refractivity contribution in [2.24, 2.45) is 0 Å². The van der Waals surface area contributed by atoms with Crippen LogP contribution in [0.25, 0.3) is 11.1 Å². The number of nitrogens with one attached hydrogen (secondary N) is 1. The molecular formula is C23H27NO4. The second-order valence-electron chi connectivity index (χ2n) is 7.43. The number of benzene rings is 2. The van der Waals surface area contributed by atoms with Gasteiger partial charge >= 0.3 is 0 Å². The van der Waals surface area contributed by atoms with E-state index in [0.717, 1.165) is 36.3 Å². The van der Waals surface area contributed by atoms with E-state index in [-0.39, 0.29) is 11.9 Å². The van der Waals surface area contributed by atoms with Gasteiger partial charge in [0.05, 0.1) is 13.7 Å². The van der Waals surface area contributed by atoms with E-state index < -0.39 is 0 Å². The van der Waals surface area contributed by atoms with Crippen LogP contribution in [-0.2, 0) is 0 Å². The van der Waals surface area contributed by atoms with Gasteiger partial charge in [0.25, 0.3) is 0 Å². The number of rotatable bonds is 7. The van der Waals surface area contributed by atoms with Gasteiger partial charge in [-0.25, -0.2) is 0 Å². The van der Waals surface area contributed by atoms with Crippen molar-refractivity contribution >= 4 is 5.78 Å². The first kappa shape index (κ1) is 18.8. The third-order valence-electron chi connectivity index (χ3n) is 5.51. The number of fused-ring (bicyclic) bond motifs is 3. The van der Waals surface area contributed by atoms with Crippen LogP contribution in [-0.4, -0.2) is 38.2 Å². The highest BCUT2D eigenvalue weighted by Gasteiger charge is 2.34. The summed E-state index contributed by atoms with van der Waals surface area (Å²) in [4.78, 5) is 13.1. The van der Waals surface area contributed by atoms with Crippen molar-refractivity contribution in [3.63, 3.8) is 0 Å². The SMILES string of the molecule is CCCOc1cc(OC)c2c(c1)C(=O)c1cccc(OC(C)C3CCCN3)c1-2. The molecule has 2 atom stereocenters. The standard InChI is InChI=1S/C23H27NO4/c1-4-11-27-15-12-17-22(20(13-15)26-3)21-16(23(17)25)7-5-9-19(21)28-14(2)18-8-6-10-24-18/h5,7,9,12-14,18,24H,4,6,8,10-11H2,1-3H3. The van der Waals surface area contributed by atoms with Crippen molar-refractivity contribution in [3.05, 3.63) is 41.5 Å². The van der Waals surface area contributed by atoms with Crippen LogP contribution in [0.3, 0.4) is 0 Å². The second kappa shape index (κ2) is 7.84. The Bertz CT molecular complexity index is 886. The summed E-state index contributed by atoms with van der Waals surface area (Å²) in [6.45, 7) is 5.76. The van der Waals surface area contributed by atoms with Crippen LogP contribution in [0.15, 0.2) is 30.3 Å². The first-order chi connectivity index (χ1) is 13.6. The molecule has 2 unspecified atom stereocenters. The molecule has 2 aromatic rings. The molecule has 0 radical (unpaired) electrons. The molecule has 0 amide bonds.